The van der Waals surface area contributed by atoms with Gasteiger partial charge in [-0.1, -0.05) is 6.92 Å². The van der Waals surface area contributed by atoms with Crippen LogP contribution in [0.2, 0.25) is 0 Å². The van der Waals surface area contributed by atoms with Crippen molar-refractivity contribution in [3.05, 3.63) is 0 Å². The molecule has 2 rings (SSSR count). The quantitative estimate of drug-likeness (QED) is 0.747. The molecule has 1 N–H and O–H groups in total. The zero-order valence-corrected chi connectivity index (χ0v) is 9.46. The third-order valence-corrected chi connectivity index (χ3v) is 3.65. The lowest BCUT2D eigenvalue weighted by molar-refractivity contribution is -0.00201. The van der Waals surface area contributed by atoms with Crippen molar-refractivity contribution in [3.8, 4) is 0 Å². The van der Waals surface area contributed by atoms with Crippen LogP contribution in [0, 0.1) is 5.92 Å². The molecule has 2 nitrogen and oxygen atoms in total. The van der Waals surface area contributed by atoms with E-state index in [1.54, 1.807) is 0 Å². The van der Waals surface area contributed by atoms with E-state index in [1.165, 1.54) is 25.7 Å². The Morgan fingerprint density at radius 2 is 2.14 bits per heavy atom. The van der Waals surface area contributed by atoms with Gasteiger partial charge in [-0.3, -0.25) is 0 Å². The summed E-state index contributed by atoms with van der Waals surface area (Å²) < 4.78 is 5.68. The van der Waals surface area contributed by atoms with Gasteiger partial charge in [0.2, 0.25) is 0 Å². The predicted octanol–water partition coefficient (Wildman–Crippen LogP) is 2.33. The second-order valence-corrected chi connectivity index (χ2v) is 4.92. The standard InChI is InChI=1S/C12H23NO/c1-3-12-8-11(6-7-14-12)13-9(2)10-4-5-10/h9-13H,3-8H2,1-2H3. The van der Waals surface area contributed by atoms with E-state index in [1.807, 2.05) is 0 Å². The highest BCUT2D eigenvalue weighted by Gasteiger charge is 2.30. The van der Waals surface area contributed by atoms with Gasteiger partial charge in [-0.15, -0.1) is 0 Å². The molecule has 3 unspecified atom stereocenters. The third kappa shape index (κ3) is 2.71. The Morgan fingerprint density at radius 3 is 2.79 bits per heavy atom. The third-order valence-electron chi connectivity index (χ3n) is 3.65. The monoisotopic (exact) mass is 197 g/mol. The maximum absolute atomic E-state index is 5.68. The smallest absolute Gasteiger partial charge is 0.0587 e. The number of nitrogens with one attached hydrogen (secondary N) is 1. The number of ether oxygens (including phenoxy) is 1. The van der Waals surface area contributed by atoms with E-state index in [-0.39, 0.29) is 0 Å². The summed E-state index contributed by atoms with van der Waals surface area (Å²) in [5.41, 5.74) is 0. The highest BCUT2D eigenvalue weighted by molar-refractivity contribution is 4.87. The minimum Gasteiger partial charge on any atom is -0.378 e. The van der Waals surface area contributed by atoms with Crippen molar-refractivity contribution in [2.75, 3.05) is 6.61 Å². The van der Waals surface area contributed by atoms with Crippen molar-refractivity contribution < 1.29 is 4.74 Å². The molecule has 2 aliphatic rings. The van der Waals surface area contributed by atoms with Gasteiger partial charge in [0.1, 0.15) is 0 Å². The van der Waals surface area contributed by atoms with Gasteiger partial charge < -0.3 is 10.1 Å². The summed E-state index contributed by atoms with van der Waals surface area (Å²) in [6.45, 7) is 5.51. The topological polar surface area (TPSA) is 21.3 Å². The van der Waals surface area contributed by atoms with Gasteiger partial charge in [-0.2, -0.15) is 0 Å². The highest BCUT2D eigenvalue weighted by Crippen LogP contribution is 2.33. The number of hydrogen-bond donors (Lipinski definition) is 1. The Hall–Kier alpha value is -0.0800. The molecular weight excluding hydrogens is 174 g/mol. The highest BCUT2D eigenvalue weighted by atomic mass is 16.5. The average molecular weight is 197 g/mol. The van der Waals surface area contributed by atoms with Crippen molar-refractivity contribution in [3.63, 3.8) is 0 Å². The second kappa shape index (κ2) is 4.63. The molecule has 0 amide bonds. The van der Waals surface area contributed by atoms with Gasteiger partial charge >= 0.3 is 0 Å². The van der Waals surface area contributed by atoms with Gasteiger partial charge in [-0.25, -0.2) is 0 Å². The van der Waals surface area contributed by atoms with Crippen LogP contribution in [0.25, 0.3) is 0 Å². The summed E-state index contributed by atoms with van der Waals surface area (Å²) in [6, 6.07) is 1.44. The normalized spacial score (nSPS) is 35.6. The Morgan fingerprint density at radius 1 is 1.36 bits per heavy atom. The van der Waals surface area contributed by atoms with Crippen molar-refractivity contribution >= 4 is 0 Å². The maximum atomic E-state index is 5.68. The Bertz CT molecular complexity index is 179. The number of hydrogen-bond acceptors (Lipinski definition) is 2. The molecule has 14 heavy (non-hydrogen) atoms. The lowest BCUT2D eigenvalue weighted by Gasteiger charge is -2.31. The molecule has 0 radical (unpaired) electrons. The first kappa shape index (κ1) is 10.4. The summed E-state index contributed by atoms with van der Waals surface area (Å²) in [6.07, 6.45) is 6.97. The summed E-state index contributed by atoms with van der Waals surface area (Å²) in [7, 11) is 0. The van der Waals surface area contributed by atoms with Crippen LogP contribution < -0.4 is 5.32 Å². The first-order chi connectivity index (χ1) is 6.79. The molecule has 0 spiro atoms. The van der Waals surface area contributed by atoms with Crippen molar-refractivity contribution in [1.82, 2.24) is 5.32 Å². The first-order valence-electron chi connectivity index (χ1n) is 6.17. The summed E-state index contributed by atoms with van der Waals surface area (Å²) in [5, 5.41) is 3.77. The molecule has 2 heteroatoms. The fourth-order valence-electron chi connectivity index (χ4n) is 2.42. The van der Waals surface area contributed by atoms with E-state index in [9.17, 15) is 0 Å². The van der Waals surface area contributed by atoms with Crippen LogP contribution in [0.1, 0.15) is 46.0 Å². The van der Waals surface area contributed by atoms with E-state index in [2.05, 4.69) is 19.2 Å². The lowest BCUT2D eigenvalue weighted by Crippen LogP contribution is -2.43. The molecule has 1 aliphatic heterocycles. The minimum absolute atomic E-state index is 0.507. The molecule has 0 aromatic heterocycles. The Balaban J connectivity index is 1.73. The van der Waals surface area contributed by atoms with E-state index in [0.717, 1.165) is 25.0 Å². The molecule has 1 saturated heterocycles. The molecule has 2 fully saturated rings. The molecule has 0 aromatic rings. The Labute approximate surface area is 87.4 Å². The largest absolute Gasteiger partial charge is 0.378 e. The molecule has 3 atom stereocenters. The van der Waals surface area contributed by atoms with Crippen LogP contribution >= 0.6 is 0 Å². The fraction of sp³-hybridized carbons (Fsp3) is 1.00. The maximum Gasteiger partial charge on any atom is 0.0587 e. The summed E-state index contributed by atoms with van der Waals surface area (Å²) in [5.74, 6) is 0.970. The number of rotatable bonds is 4. The van der Waals surface area contributed by atoms with E-state index < -0.39 is 0 Å². The van der Waals surface area contributed by atoms with Crippen LogP contribution in [0.5, 0.6) is 0 Å². The predicted molar refractivity (Wildman–Crippen MR) is 58.4 cm³/mol. The van der Waals surface area contributed by atoms with Gasteiger partial charge in [0.25, 0.3) is 0 Å². The SMILES string of the molecule is CCC1CC(NC(C)C2CC2)CCO1. The first-order valence-corrected chi connectivity index (χ1v) is 6.17. The summed E-state index contributed by atoms with van der Waals surface area (Å²) >= 11 is 0. The molecule has 82 valence electrons. The van der Waals surface area contributed by atoms with Crippen molar-refractivity contribution in [2.24, 2.45) is 5.92 Å². The van der Waals surface area contributed by atoms with Gasteiger partial charge in [0, 0.05) is 18.7 Å². The van der Waals surface area contributed by atoms with Crippen LogP contribution in [0.15, 0.2) is 0 Å². The van der Waals surface area contributed by atoms with Crippen LogP contribution in [0.3, 0.4) is 0 Å². The van der Waals surface area contributed by atoms with Gasteiger partial charge in [0.05, 0.1) is 6.10 Å². The fourth-order valence-corrected chi connectivity index (χ4v) is 2.42. The molecular formula is C12H23NO. The Kier molecular flexibility index (Phi) is 3.45. The van der Waals surface area contributed by atoms with Crippen molar-refractivity contribution in [1.29, 1.82) is 0 Å². The van der Waals surface area contributed by atoms with Gasteiger partial charge in [0.15, 0.2) is 0 Å². The molecule has 1 saturated carbocycles. The lowest BCUT2D eigenvalue weighted by atomic mass is 10.00. The van der Waals surface area contributed by atoms with Gasteiger partial charge in [-0.05, 0) is 44.9 Å². The minimum atomic E-state index is 0.507. The van der Waals surface area contributed by atoms with Crippen LogP contribution in [0.4, 0.5) is 0 Å². The van der Waals surface area contributed by atoms with E-state index in [0.29, 0.717) is 12.1 Å². The zero-order valence-electron chi connectivity index (χ0n) is 9.46. The zero-order chi connectivity index (χ0) is 9.97. The molecule has 0 bridgehead atoms. The van der Waals surface area contributed by atoms with Crippen LogP contribution in [-0.2, 0) is 4.74 Å². The van der Waals surface area contributed by atoms with Crippen molar-refractivity contribution in [2.45, 2.75) is 64.1 Å². The molecule has 1 heterocycles. The summed E-state index contributed by atoms with van der Waals surface area (Å²) in [4.78, 5) is 0. The molecule has 1 aliphatic carbocycles. The molecule has 0 aromatic carbocycles. The van der Waals surface area contributed by atoms with Crippen LogP contribution in [-0.4, -0.2) is 24.8 Å². The average Bonchev–Trinajstić information content (AvgIpc) is 3.01. The second-order valence-electron chi connectivity index (χ2n) is 4.92. The van der Waals surface area contributed by atoms with E-state index in [4.69, 9.17) is 4.74 Å². The van der Waals surface area contributed by atoms with E-state index >= 15 is 0 Å².